The molecule has 23 nitrogen and oxygen atoms in total. The number of carbonyl (C=O) groups is 2. The van der Waals surface area contributed by atoms with Gasteiger partial charge < -0.3 is 39.3 Å². The van der Waals surface area contributed by atoms with Crippen LogP contribution in [-0.4, -0.2) is 88.7 Å². The number of aromatic amines is 1. The molecule has 1 aliphatic rings. The highest BCUT2D eigenvalue weighted by atomic mass is 31.3. The van der Waals surface area contributed by atoms with E-state index in [-0.39, 0.29) is 30.6 Å². The predicted octanol–water partition coefficient (Wildman–Crippen LogP) is 11.5. The second-order valence-corrected chi connectivity index (χ2v) is 23.9. The molecule has 1 saturated heterocycles. The summed E-state index contributed by atoms with van der Waals surface area (Å²) in [6, 6.07) is -1.04. The summed E-state index contributed by atoms with van der Waals surface area (Å²) in [7, 11) is -16.7. The summed E-state index contributed by atoms with van der Waals surface area (Å²) in [6.45, 7) is 4.49. The van der Waals surface area contributed by atoms with Crippen molar-refractivity contribution in [3.05, 3.63) is 43.0 Å². The van der Waals surface area contributed by atoms with Crippen LogP contribution < -0.4 is 11.2 Å². The largest absolute Gasteiger partial charge is 0.490 e. The van der Waals surface area contributed by atoms with Gasteiger partial charge in [-0.15, -0.1) is 0 Å². The molecule has 2 heterocycles. The molecule has 1 aliphatic heterocycles. The Kier molecular flexibility index (Phi) is 38.9. The molecular weight excluding hydrogens is 1040 g/mol. The highest BCUT2D eigenvalue weighted by molar-refractivity contribution is 7.66. The van der Waals surface area contributed by atoms with Crippen molar-refractivity contribution in [1.82, 2.24) is 9.55 Å². The fourth-order valence-corrected chi connectivity index (χ4v) is 11.6. The van der Waals surface area contributed by atoms with Gasteiger partial charge in [-0.3, -0.25) is 28.5 Å². The molecule has 1 aromatic rings. The maximum Gasteiger partial charge on any atom is 0.490 e. The van der Waals surface area contributed by atoms with Gasteiger partial charge in [0.1, 0.15) is 12.3 Å². The molecular formula is C49H92N5O18P3. The number of aliphatic hydroxyl groups excluding tert-OH is 2. The minimum atomic E-state index is -5.70. The number of aromatic nitrogens is 2. The standard InChI is InChI=1S/C39H76O5.C10H16N5O13P3/c1-3-5-7-9-11-13-15-17-19-21-23-25-27-29-31-33-36(41)39(37(42)35-40)44-38(43)34-32-30-28-26-24-22-20-18-16-14-12-10-8-6-4-2;1-5-3-15(10(17)12-9(5)16)8-2-6(13-14-11)7(26-8)4-25-30(21,22)28-31(23,24)27-29(18,19)20/h37,39-40,42H,3-35H2,1-2H3;3,6-8H,2,4H2,1H3,(H,21,22)(H,23,24)(H,12,16,17)(H2,18,19,20). The van der Waals surface area contributed by atoms with Gasteiger partial charge in [0.15, 0.2) is 11.9 Å². The Morgan fingerprint density at radius 1 is 0.720 bits per heavy atom. The molecule has 7 unspecified atom stereocenters. The van der Waals surface area contributed by atoms with Crippen molar-refractivity contribution < 1.29 is 75.7 Å². The minimum Gasteiger partial charge on any atom is -0.451 e. The fraction of sp³-hybridized carbons (Fsp3) is 0.878. The number of carbonyl (C=O) groups excluding carboxylic acids is 2. The number of esters is 1. The van der Waals surface area contributed by atoms with Gasteiger partial charge in [0.25, 0.3) is 5.56 Å². The van der Waals surface area contributed by atoms with Crippen LogP contribution in [-0.2, 0) is 45.9 Å². The summed E-state index contributed by atoms with van der Waals surface area (Å²) in [5.74, 6) is -0.715. The maximum atomic E-state index is 12.7. The predicted molar refractivity (Wildman–Crippen MR) is 284 cm³/mol. The number of phosphoric ester groups is 1. The quantitative estimate of drug-likeness (QED) is 0.00796. The Labute approximate surface area is 443 Å². The average molecular weight is 1130 g/mol. The van der Waals surface area contributed by atoms with Crippen molar-refractivity contribution in [3.8, 4) is 0 Å². The number of phosphoric acid groups is 3. The Balaban J connectivity index is 0.000000793. The third-order valence-electron chi connectivity index (χ3n) is 12.8. The van der Waals surface area contributed by atoms with E-state index in [9.17, 15) is 48.0 Å². The number of ether oxygens (including phenoxy) is 2. The Morgan fingerprint density at radius 3 is 1.56 bits per heavy atom. The van der Waals surface area contributed by atoms with Gasteiger partial charge in [-0.1, -0.05) is 199 Å². The van der Waals surface area contributed by atoms with E-state index in [4.69, 9.17) is 29.7 Å². The zero-order valence-corrected chi connectivity index (χ0v) is 47.6. The molecule has 0 saturated carbocycles. The zero-order chi connectivity index (χ0) is 56.0. The molecule has 2 rings (SSSR count). The van der Waals surface area contributed by atoms with Crippen molar-refractivity contribution in [1.29, 1.82) is 0 Å². The molecule has 436 valence electrons. The number of Topliss-reactive ketones (excluding diaryl/α,β-unsaturated/α-hetero) is 1. The van der Waals surface area contributed by atoms with Crippen molar-refractivity contribution in [2.45, 2.75) is 263 Å². The molecule has 26 heteroatoms. The molecule has 0 radical (unpaired) electrons. The van der Waals surface area contributed by atoms with E-state index in [0.717, 1.165) is 43.1 Å². The number of nitrogens with one attached hydrogen (secondary N) is 1. The van der Waals surface area contributed by atoms with Crippen LogP contribution in [0.25, 0.3) is 10.4 Å². The Hall–Kier alpha value is -2.58. The molecule has 75 heavy (non-hydrogen) atoms. The van der Waals surface area contributed by atoms with Gasteiger partial charge in [-0.25, -0.2) is 18.5 Å². The van der Waals surface area contributed by atoms with Crippen LogP contribution in [0.3, 0.4) is 0 Å². The first-order chi connectivity index (χ1) is 35.7. The molecule has 1 aromatic heterocycles. The van der Waals surface area contributed by atoms with Crippen LogP contribution >= 0.6 is 23.5 Å². The summed E-state index contributed by atoms with van der Waals surface area (Å²) in [5.41, 5.74) is 7.38. The van der Waals surface area contributed by atoms with E-state index in [1.54, 1.807) is 0 Å². The fourth-order valence-electron chi connectivity index (χ4n) is 8.60. The molecule has 7 N–H and O–H groups in total. The molecule has 1 fully saturated rings. The summed E-state index contributed by atoms with van der Waals surface area (Å²) in [6.07, 6.45) is 34.6. The van der Waals surface area contributed by atoms with Crippen LogP contribution in [0.5, 0.6) is 0 Å². The monoisotopic (exact) mass is 1130 g/mol. The summed E-state index contributed by atoms with van der Waals surface area (Å²) in [4.78, 5) is 88.7. The number of aliphatic hydroxyl groups is 2. The molecule has 0 amide bonds. The number of aryl methyl sites for hydroxylation is 1. The second-order valence-electron chi connectivity index (χ2n) is 19.5. The van der Waals surface area contributed by atoms with Crippen molar-refractivity contribution in [2.75, 3.05) is 13.2 Å². The number of hydrogen-bond donors (Lipinski definition) is 7. The molecule has 7 atom stereocenters. The maximum absolute atomic E-state index is 12.7. The zero-order valence-electron chi connectivity index (χ0n) is 44.9. The van der Waals surface area contributed by atoms with E-state index in [1.807, 2.05) is 4.98 Å². The van der Waals surface area contributed by atoms with Crippen LogP contribution in [0.15, 0.2) is 20.9 Å². The minimum absolute atomic E-state index is 0.111. The van der Waals surface area contributed by atoms with E-state index < -0.39 is 84.5 Å². The van der Waals surface area contributed by atoms with Gasteiger partial charge in [-0.05, 0) is 25.3 Å². The highest BCUT2D eigenvalue weighted by Gasteiger charge is 2.43. The van der Waals surface area contributed by atoms with E-state index in [1.165, 1.54) is 167 Å². The van der Waals surface area contributed by atoms with Crippen LogP contribution in [0.1, 0.15) is 238 Å². The summed E-state index contributed by atoms with van der Waals surface area (Å²) in [5, 5.41) is 22.9. The molecule has 0 aliphatic carbocycles. The topological polar surface area (TPSA) is 357 Å². The van der Waals surface area contributed by atoms with Crippen molar-refractivity contribution >= 4 is 35.2 Å². The first-order valence-corrected chi connectivity index (χ1v) is 32.0. The van der Waals surface area contributed by atoms with E-state index >= 15 is 0 Å². The number of H-pyrrole nitrogens is 1. The highest BCUT2D eigenvalue weighted by Crippen LogP contribution is 2.66. The van der Waals surface area contributed by atoms with Gasteiger partial charge in [0.2, 0.25) is 0 Å². The normalized spacial score (nSPS) is 18.0. The number of unbranched alkanes of at least 4 members (excludes halogenated alkanes) is 28. The third-order valence-corrected chi connectivity index (χ3v) is 16.6. The summed E-state index contributed by atoms with van der Waals surface area (Å²) >= 11 is 0. The Bertz CT molecular complexity index is 2030. The van der Waals surface area contributed by atoms with Gasteiger partial charge in [0, 0.05) is 35.9 Å². The number of rotatable bonds is 45. The second kappa shape index (κ2) is 41.5. The van der Waals surface area contributed by atoms with Crippen LogP contribution in [0, 0.1) is 6.92 Å². The van der Waals surface area contributed by atoms with Gasteiger partial charge in [0.05, 0.1) is 25.4 Å². The lowest BCUT2D eigenvalue weighted by molar-refractivity contribution is -0.163. The Morgan fingerprint density at radius 2 is 1.15 bits per heavy atom. The van der Waals surface area contributed by atoms with Gasteiger partial charge >= 0.3 is 35.1 Å². The molecule has 0 spiro atoms. The summed E-state index contributed by atoms with van der Waals surface area (Å²) < 4.78 is 57.2. The number of nitrogens with zero attached hydrogens (tertiary/aromatic N) is 4. The molecule has 0 bridgehead atoms. The first-order valence-electron chi connectivity index (χ1n) is 27.5. The van der Waals surface area contributed by atoms with Crippen molar-refractivity contribution in [2.24, 2.45) is 5.11 Å². The lowest BCUT2D eigenvalue weighted by atomic mass is 10.0. The smallest absolute Gasteiger partial charge is 0.451 e. The number of azide groups is 1. The number of hydrogen-bond acceptors (Lipinski definition) is 15. The number of ketones is 1. The molecule has 0 aromatic carbocycles. The average Bonchev–Trinajstić information content (AvgIpc) is 3.74. The third kappa shape index (κ3) is 35.5. The van der Waals surface area contributed by atoms with Crippen LogP contribution in [0.4, 0.5) is 0 Å². The SMILES string of the molecule is CCCCCCCCCCCCCCCCCC(=O)OC(C(=O)CCCCCCCCCCCCCCCCC)C(O)CO.Cc1cn(C2CC(N=[N+]=[N-])C(COP(=O)(O)OP(=O)(O)OP(=O)(O)O)O2)c(=O)[nH]c1=O. The van der Waals surface area contributed by atoms with Crippen LogP contribution in [0.2, 0.25) is 0 Å². The lowest BCUT2D eigenvalue weighted by Gasteiger charge is -2.20. The van der Waals surface area contributed by atoms with E-state index in [2.05, 4.69) is 37.0 Å². The van der Waals surface area contributed by atoms with Crippen molar-refractivity contribution in [3.63, 3.8) is 0 Å². The van der Waals surface area contributed by atoms with E-state index in [0.29, 0.717) is 0 Å². The van der Waals surface area contributed by atoms with Gasteiger partial charge in [-0.2, -0.15) is 8.62 Å². The lowest BCUT2D eigenvalue weighted by Crippen LogP contribution is -2.40. The first kappa shape index (κ1) is 70.4.